The predicted octanol–water partition coefficient (Wildman–Crippen LogP) is 2.89. The summed E-state index contributed by atoms with van der Waals surface area (Å²) in [6.45, 7) is 1.50. The molecule has 1 aliphatic rings. The molecule has 0 aromatic heterocycles. The zero-order chi connectivity index (χ0) is 16.4. The fourth-order valence-corrected chi connectivity index (χ4v) is 2.25. The fraction of sp³-hybridized carbons (Fsp3) is 0.188. The fourth-order valence-electron chi connectivity index (χ4n) is 2.25. The van der Waals surface area contributed by atoms with E-state index in [1.165, 1.54) is 12.1 Å². The van der Waals surface area contributed by atoms with Crippen LogP contribution in [0.15, 0.2) is 36.4 Å². The number of carbonyl (C=O) groups excluding carboxylic acids is 1. The van der Waals surface area contributed by atoms with Gasteiger partial charge in [-0.3, -0.25) is 14.9 Å². The van der Waals surface area contributed by atoms with E-state index in [2.05, 4.69) is 0 Å². The average Bonchev–Trinajstić information content (AvgIpc) is 3.00. The molecule has 0 saturated carbocycles. The Morgan fingerprint density at radius 2 is 2.04 bits per heavy atom. The van der Waals surface area contributed by atoms with Gasteiger partial charge < -0.3 is 14.2 Å². The van der Waals surface area contributed by atoms with Gasteiger partial charge in [-0.25, -0.2) is 0 Å². The maximum atomic E-state index is 12.2. The number of Topliss-reactive ketones (excluding diaryl/α,β-unsaturated/α-hetero) is 1. The van der Waals surface area contributed by atoms with E-state index >= 15 is 0 Å². The molecule has 0 amide bonds. The van der Waals surface area contributed by atoms with Gasteiger partial charge in [0, 0.05) is 11.6 Å². The maximum Gasteiger partial charge on any atom is 0.276 e. The van der Waals surface area contributed by atoms with E-state index in [-0.39, 0.29) is 24.9 Å². The first-order valence-corrected chi connectivity index (χ1v) is 6.86. The van der Waals surface area contributed by atoms with Crippen molar-refractivity contribution < 1.29 is 23.9 Å². The summed E-state index contributed by atoms with van der Waals surface area (Å²) in [6, 6.07) is 9.38. The molecule has 0 bridgehead atoms. The van der Waals surface area contributed by atoms with Gasteiger partial charge >= 0.3 is 0 Å². The van der Waals surface area contributed by atoms with Crippen molar-refractivity contribution in [1.82, 2.24) is 0 Å². The third-order valence-electron chi connectivity index (χ3n) is 3.51. The van der Waals surface area contributed by atoms with Gasteiger partial charge in [-0.15, -0.1) is 0 Å². The van der Waals surface area contributed by atoms with Crippen molar-refractivity contribution in [2.45, 2.75) is 6.92 Å². The lowest BCUT2D eigenvalue weighted by Gasteiger charge is -2.09. The number of ether oxygens (including phenoxy) is 3. The van der Waals surface area contributed by atoms with Crippen LogP contribution >= 0.6 is 0 Å². The quantitative estimate of drug-likeness (QED) is 0.479. The number of benzene rings is 2. The zero-order valence-corrected chi connectivity index (χ0v) is 12.3. The van der Waals surface area contributed by atoms with Crippen LogP contribution < -0.4 is 14.2 Å². The maximum absolute atomic E-state index is 12.2. The van der Waals surface area contributed by atoms with E-state index in [9.17, 15) is 14.9 Å². The molecule has 118 valence electrons. The van der Waals surface area contributed by atoms with Crippen molar-refractivity contribution in [3.8, 4) is 17.2 Å². The highest BCUT2D eigenvalue weighted by atomic mass is 16.7. The summed E-state index contributed by atoms with van der Waals surface area (Å²) >= 11 is 0. The second kappa shape index (κ2) is 5.96. The monoisotopic (exact) mass is 315 g/mol. The second-order valence-corrected chi connectivity index (χ2v) is 4.94. The van der Waals surface area contributed by atoms with Crippen molar-refractivity contribution in [2.24, 2.45) is 0 Å². The molecule has 0 aliphatic carbocycles. The Bertz CT molecular complexity index is 786. The highest BCUT2D eigenvalue weighted by Gasteiger charge is 2.18. The lowest BCUT2D eigenvalue weighted by Crippen LogP contribution is -2.12. The Hall–Kier alpha value is -3.09. The van der Waals surface area contributed by atoms with Crippen LogP contribution in [0, 0.1) is 17.0 Å². The molecule has 1 aliphatic heterocycles. The van der Waals surface area contributed by atoms with Crippen molar-refractivity contribution in [3.05, 3.63) is 57.6 Å². The Morgan fingerprint density at radius 1 is 1.26 bits per heavy atom. The first-order chi connectivity index (χ1) is 11.1. The molecule has 2 aromatic carbocycles. The highest BCUT2D eigenvalue weighted by Crippen LogP contribution is 2.33. The van der Waals surface area contributed by atoms with Crippen molar-refractivity contribution in [3.63, 3.8) is 0 Å². The van der Waals surface area contributed by atoms with Crippen LogP contribution in [0.3, 0.4) is 0 Å². The summed E-state index contributed by atoms with van der Waals surface area (Å²) in [6.07, 6.45) is 0. The highest BCUT2D eigenvalue weighted by molar-refractivity contribution is 5.97. The van der Waals surface area contributed by atoms with Gasteiger partial charge in [-0.05, 0) is 31.2 Å². The SMILES string of the molecule is Cc1c(OCC(=O)c2ccc3c(c2)OCO3)cccc1[N+](=O)[O-]. The molecular formula is C16H13NO6. The predicted molar refractivity (Wildman–Crippen MR) is 80.2 cm³/mol. The molecule has 7 heteroatoms. The smallest absolute Gasteiger partial charge is 0.276 e. The molecule has 7 nitrogen and oxygen atoms in total. The summed E-state index contributed by atoms with van der Waals surface area (Å²) in [7, 11) is 0. The number of ketones is 1. The van der Waals surface area contributed by atoms with Gasteiger partial charge in [0.05, 0.1) is 10.5 Å². The van der Waals surface area contributed by atoms with Gasteiger partial charge in [0.15, 0.2) is 23.9 Å². The molecule has 1 heterocycles. The van der Waals surface area contributed by atoms with Gasteiger partial charge in [0.1, 0.15) is 5.75 Å². The Kier molecular flexibility index (Phi) is 3.84. The summed E-state index contributed by atoms with van der Waals surface area (Å²) in [5, 5.41) is 10.9. The Balaban J connectivity index is 1.72. The molecule has 0 N–H and O–H groups in total. The summed E-state index contributed by atoms with van der Waals surface area (Å²) in [4.78, 5) is 22.6. The molecule has 23 heavy (non-hydrogen) atoms. The average molecular weight is 315 g/mol. The Morgan fingerprint density at radius 3 is 2.83 bits per heavy atom. The number of fused-ring (bicyclic) bond motifs is 1. The largest absolute Gasteiger partial charge is 0.485 e. The van der Waals surface area contributed by atoms with Gasteiger partial charge in [-0.1, -0.05) is 6.07 Å². The lowest BCUT2D eigenvalue weighted by molar-refractivity contribution is -0.385. The number of rotatable bonds is 5. The molecule has 0 fully saturated rings. The van der Waals surface area contributed by atoms with Gasteiger partial charge in [-0.2, -0.15) is 0 Å². The van der Waals surface area contributed by atoms with E-state index in [0.29, 0.717) is 28.4 Å². The number of nitro groups is 1. The van der Waals surface area contributed by atoms with E-state index in [1.54, 1.807) is 31.2 Å². The van der Waals surface area contributed by atoms with Crippen LogP contribution in [0.5, 0.6) is 17.2 Å². The number of hydrogen-bond donors (Lipinski definition) is 0. The molecule has 0 unspecified atom stereocenters. The van der Waals surface area contributed by atoms with Crippen LogP contribution in [0.25, 0.3) is 0 Å². The summed E-state index contributed by atoms with van der Waals surface area (Å²) < 4.78 is 15.8. The Labute approximate surface area is 131 Å². The third kappa shape index (κ3) is 2.94. The molecule has 0 atom stereocenters. The van der Waals surface area contributed by atoms with Gasteiger partial charge in [0.25, 0.3) is 5.69 Å². The molecule has 0 radical (unpaired) electrons. The summed E-state index contributed by atoms with van der Waals surface area (Å²) in [5.74, 6) is 1.17. The second-order valence-electron chi connectivity index (χ2n) is 4.94. The minimum atomic E-state index is -0.484. The minimum Gasteiger partial charge on any atom is -0.485 e. The van der Waals surface area contributed by atoms with Crippen LogP contribution in [0.1, 0.15) is 15.9 Å². The van der Waals surface area contributed by atoms with Crippen molar-refractivity contribution >= 4 is 11.5 Å². The molecule has 0 saturated heterocycles. The first-order valence-electron chi connectivity index (χ1n) is 6.86. The number of carbonyl (C=O) groups is 1. The van der Waals surface area contributed by atoms with E-state index in [1.807, 2.05) is 0 Å². The standard InChI is InChI=1S/C16H13NO6/c1-10-12(17(19)20)3-2-4-14(10)21-8-13(18)11-5-6-15-16(7-11)23-9-22-15/h2-7H,8-9H2,1H3. The van der Waals surface area contributed by atoms with Crippen LogP contribution in [0.4, 0.5) is 5.69 Å². The van der Waals surface area contributed by atoms with Crippen LogP contribution in [0.2, 0.25) is 0 Å². The zero-order valence-electron chi connectivity index (χ0n) is 12.3. The van der Waals surface area contributed by atoms with Crippen molar-refractivity contribution in [2.75, 3.05) is 13.4 Å². The number of nitro benzene ring substituents is 1. The van der Waals surface area contributed by atoms with E-state index in [0.717, 1.165) is 0 Å². The lowest BCUT2D eigenvalue weighted by atomic mass is 10.1. The van der Waals surface area contributed by atoms with Crippen molar-refractivity contribution in [1.29, 1.82) is 0 Å². The van der Waals surface area contributed by atoms with Crippen LogP contribution in [-0.2, 0) is 0 Å². The number of nitrogens with zero attached hydrogens (tertiary/aromatic N) is 1. The minimum absolute atomic E-state index is 0.0435. The third-order valence-corrected chi connectivity index (χ3v) is 3.51. The normalized spacial score (nSPS) is 12.0. The number of hydrogen-bond acceptors (Lipinski definition) is 6. The van der Waals surface area contributed by atoms with E-state index < -0.39 is 4.92 Å². The molecule has 2 aromatic rings. The molecule has 3 rings (SSSR count). The van der Waals surface area contributed by atoms with Crippen LogP contribution in [-0.4, -0.2) is 24.1 Å². The topological polar surface area (TPSA) is 87.9 Å². The summed E-state index contributed by atoms with van der Waals surface area (Å²) in [5.41, 5.74) is 0.770. The first kappa shape index (κ1) is 14.8. The molecule has 0 spiro atoms. The van der Waals surface area contributed by atoms with Gasteiger partial charge in [0.2, 0.25) is 6.79 Å². The van der Waals surface area contributed by atoms with E-state index in [4.69, 9.17) is 14.2 Å². The molecular weight excluding hydrogens is 302 g/mol.